The highest BCUT2D eigenvalue weighted by atomic mass is 35.5. The van der Waals surface area contributed by atoms with Crippen LogP contribution in [0.15, 0.2) is 101 Å². The van der Waals surface area contributed by atoms with Crippen LogP contribution in [0.1, 0.15) is 31.8 Å². The van der Waals surface area contributed by atoms with Gasteiger partial charge in [0.1, 0.15) is 5.70 Å². The number of hydrogen-bond donors (Lipinski definition) is 2. The van der Waals surface area contributed by atoms with E-state index in [4.69, 9.17) is 23.2 Å². The second kappa shape index (κ2) is 12.3. The molecule has 4 aromatic rings. The van der Waals surface area contributed by atoms with Crippen molar-refractivity contribution in [3.8, 4) is 0 Å². The zero-order valence-corrected chi connectivity index (χ0v) is 21.6. The second-order valence-electron chi connectivity index (χ2n) is 7.83. The second-order valence-corrected chi connectivity index (χ2v) is 9.45. The molecule has 2 amide bonds. The molecule has 8 heteroatoms. The van der Waals surface area contributed by atoms with E-state index < -0.39 is 11.8 Å². The van der Waals surface area contributed by atoms with Crippen LogP contribution in [-0.4, -0.2) is 17.6 Å². The standard InChI is InChI=1S/C29H20Cl2N2O3S/c30-23-10-6-20(25(31)17-23)9-13-27(34)21-7-11-24(12-8-21)32-29(36)26(16-19-14-15-37-18-19)33-28(35)22-4-2-1-3-5-22/h1-18H,(H,32,36)(H,33,35)/b13-9+,26-16-. The lowest BCUT2D eigenvalue weighted by molar-refractivity contribution is -0.113. The Morgan fingerprint density at radius 1 is 0.838 bits per heavy atom. The first-order valence-corrected chi connectivity index (χ1v) is 12.8. The number of carbonyl (C=O) groups excluding carboxylic acids is 3. The molecule has 4 rings (SSSR count). The number of anilines is 1. The fourth-order valence-electron chi connectivity index (χ4n) is 3.28. The van der Waals surface area contributed by atoms with Crippen molar-refractivity contribution in [1.82, 2.24) is 5.32 Å². The summed E-state index contributed by atoms with van der Waals surface area (Å²) in [6, 6.07) is 22.0. The summed E-state index contributed by atoms with van der Waals surface area (Å²) in [4.78, 5) is 38.3. The predicted molar refractivity (Wildman–Crippen MR) is 151 cm³/mol. The van der Waals surface area contributed by atoms with Crippen LogP contribution in [0.4, 0.5) is 5.69 Å². The molecular weight excluding hydrogens is 527 g/mol. The molecule has 2 N–H and O–H groups in total. The molecule has 3 aromatic carbocycles. The van der Waals surface area contributed by atoms with Crippen LogP contribution in [0.25, 0.3) is 12.2 Å². The average molecular weight is 547 g/mol. The first-order valence-electron chi connectivity index (χ1n) is 11.1. The van der Waals surface area contributed by atoms with Crippen LogP contribution >= 0.6 is 34.5 Å². The molecule has 0 aliphatic heterocycles. The van der Waals surface area contributed by atoms with Gasteiger partial charge in [0.15, 0.2) is 5.78 Å². The minimum absolute atomic E-state index is 0.0928. The molecule has 184 valence electrons. The monoisotopic (exact) mass is 546 g/mol. The highest BCUT2D eigenvalue weighted by Crippen LogP contribution is 2.22. The molecule has 0 radical (unpaired) electrons. The van der Waals surface area contributed by atoms with Gasteiger partial charge in [-0.2, -0.15) is 11.3 Å². The van der Waals surface area contributed by atoms with E-state index in [1.807, 2.05) is 22.9 Å². The van der Waals surface area contributed by atoms with Crippen molar-refractivity contribution >= 4 is 70.0 Å². The van der Waals surface area contributed by atoms with E-state index in [-0.39, 0.29) is 11.5 Å². The molecule has 0 atom stereocenters. The summed E-state index contributed by atoms with van der Waals surface area (Å²) < 4.78 is 0. The molecule has 0 saturated heterocycles. The van der Waals surface area contributed by atoms with Crippen molar-refractivity contribution in [3.05, 3.63) is 134 Å². The van der Waals surface area contributed by atoms with Crippen LogP contribution in [0, 0.1) is 0 Å². The lowest BCUT2D eigenvalue weighted by Gasteiger charge is -2.11. The molecule has 5 nitrogen and oxygen atoms in total. The predicted octanol–water partition coefficient (Wildman–Crippen LogP) is 7.36. The number of rotatable bonds is 8. The Kier molecular flexibility index (Phi) is 8.69. The quantitative estimate of drug-likeness (QED) is 0.179. The normalized spacial score (nSPS) is 11.4. The van der Waals surface area contributed by atoms with Crippen LogP contribution in [-0.2, 0) is 4.79 Å². The molecule has 0 unspecified atom stereocenters. The van der Waals surface area contributed by atoms with E-state index in [0.29, 0.717) is 32.4 Å². The lowest BCUT2D eigenvalue weighted by Crippen LogP contribution is -2.30. The maximum Gasteiger partial charge on any atom is 0.272 e. The summed E-state index contributed by atoms with van der Waals surface area (Å²) in [6.45, 7) is 0. The molecule has 0 saturated carbocycles. The van der Waals surface area contributed by atoms with Crippen LogP contribution in [0.2, 0.25) is 10.0 Å². The molecule has 37 heavy (non-hydrogen) atoms. The molecule has 0 spiro atoms. The number of ketones is 1. The van der Waals surface area contributed by atoms with Crippen LogP contribution < -0.4 is 10.6 Å². The molecule has 1 heterocycles. The lowest BCUT2D eigenvalue weighted by atomic mass is 10.1. The number of halogens is 2. The smallest absolute Gasteiger partial charge is 0.272 e. The average Bonchev–Trinajstić information content (AvgIpc) is 3.42. The van der Waals surface area contributed by atoms with Crippen molar-refractivity contribution < 1.29 is 14.4 Å². The summed E-state index contributed by atoms with van der Waals surface area (Å²) >= 11 is 13.5. The summed E-state index contributed by atoms with van der Waals surface area (Å²) in [7, 11) is 0. The first kappa shape index (κ1) is 26.1. The van der Waals surface area contributed by atoms with Crippen LogP contribution in [0.3, 0.4) is 0 Å². The van der Waals surface area contributed by atoms with E-state index >= 15 is 0 Å². The van der Waals surface area contributed by atoms with Gasteiger partial charge in [-0.3, -0.25) is 14.4 Å². The molecule has 1 aromatic heterocycles. The van der Waals surface area contributed by atoms with Crippen molar-refractivity contribution in [2.24, 2.45) is 0 Å². The molecular formula is C29H20Cl2N2O3S. The van der Waals surface area contributed by atoms with Crippen molar-refractivity contribution in [2.45, 2.75) is 0 Å². The number of benzene rings is 3. The van der Waals surface area contributed by atoms with Gasteiger partial charge in [-0.15, -0.1) is 0 Å². The zero-order valence-electron chi connectivity index (χ0n) is 19.3. The molecule has 0 fully saturated rings. The SMILES string of the molecule is O=C(Nc1ccc(C(=O)/C=C/c2ccc(Cl)cc2Cl)cc1)/C(=C/c1ccsc1)NC(=O)c1ccccc1. The van der Waals surface area contributed by atoms with Gasteiger partial charge >= 0.3 is 0 Å². The number of hydrogen-bond acceptors (Lipinski definition) is 4. The summed E-state index contributed by atoms with van der Waals surface area (Å²) in [5.41, 5.74) is 2.89. The van der Waals surface area contributed by atoms with Gasteiger partial charge in [0.05, 0.1) is 0 Å². The Bertz CT molecular complexity index is 1480. The van der Waals surface area contributed by atoms with E-state index in [2.05, 4.69) is 10.6 Å². The third-order valence-corrected chi connectivity index (χ3v) is 6.45. The van der Waals surface area contributed by atoms with E-state index in [0.717, 1.165) is 5.56 Å². The third kappa shape index (κ3) is 7.27. The van der Waals surface area contributed by atoms with Crippen molar-refractivity contribution in [1.29, 1.82) is 0 Å². The maximum absolute atomic E-state index is 13.0. The van der Waals surface area contributed by atoms with E-state index in [1.165, 1.54) is 17.4 Å². The highest BCUT2D eigenvalue weighted by molar-refractivity contribution is 7.08. The van der Waals surface area contributed by atoms with Gasteiger partial charge < -0.3 is 10.6 Å². The molecule has 0 aliphatic carbocycles. The van der Waals surface area contributed by atoms with Gasteiger partial charge in [0.25, 0.3) is 11.8 Å². The summed E-state index contributed by atoms with van der Waals surface area (Å²) in [6.07, 6.45) is 4.65. The Hall–Kier alpha value is -3.97. The van der Waals surface area contributed by atoms with Crippen LogP contribution in [0.5, 0.6) is 0 Å². The number of thiophene rings is 1. The minimum Gasteiger partial charge on any atom is -0.321 e. The van der Waals surface area contributed by atoms with Gasteiger partial charge in [-0.1, -0.05) is 47.5 Å². The van der Waals surface area contributed by atoms with E-state index in [9.17, 15) is 14.4 Å². The fraction of sp³-hybridized carbons (Fsp3) is 0. The minimum atomic E-state index is -0.494. The van der Waals surface area contributed by atoms with Gasteiger partial charge in [-0.05, 0) is 94.7 Å². The fourth-order valence-corrected chi connectivity index (χ4v) is 4.37. The van der Waals surface area contributed by atoms with Gasteiger partial charge in [0.2, 0.25) is 0 Å². The molecule has 0 aliphatic rings. The number of carbonyl (C=O) groups is 3. The van der Waals surface area contributed by atoms with Gasteiger partial charge in [-0.25, -0.2) is 0 Å². The Morgan fingerprint density at radius 2 is 1.59 bits per heavy atom. The number of nitrogens with one attached hydrogen (secondary N) is 2. The molecule has 0 bridgehead atoms. The number of amides is 2. The topological polar surface area (TPSA) is 75.3 Å². The van der Waals surface area contributed by atoms with Crippen molar-refractivity contribution in [2.75, 3.05) is 5.32 Å². The number of allylic oxidation sites excluding steroid dienone is 1. The third-order valence-electron chi connectivity index (χ3n) is 5.19. The zero-order chi connectivity index (χ0) is 26.2. The Balaban J connectivity index is 1.46. The van der Waals surface area contributed by atoms with Gasteiger partial charge in [0, 0.05) is 26.9 Å². The maximum atomic E-state index is 13.0. The first-order chi connectivity index (χ1) is 17.9. The summed E-state index contributed by atoms with van der Waals surface area (Å²) in [5.74, 6) is -1.12. The Morgan fingerprint density at radius 3 is 2.27 bits per heavy atom. The summed E-state index contributed by atoms with van der Waals surface area (Å²) in [5, 5.41) is 10.2. The Labute approximate surface area is 228 Å². The van der Waals surface area contributed by atoms with E-state index in [1.54, 1.807) is 78.9 Å². The largest absolute Gasteiger partial charge is 0.321 e. The van der Waals surface area contributed by atoms with Crippen molar-refractivity contribution in [3.63, 3.8) is 0 Å². The highest BCUT2D eigenvalue weighted by Gasteiger charge is 2.15.